The van der Waals surface area contributed by atoms with Crippen LogP contribution < -0.4 is 4.74 Å². The van der Waals surface area contributed by atoms with E-state index >= 15 is 0 Å². The molecular weight excluding hydrogens is 920 g/mol. The number of aryl methyl sites for hydroxylation is 1. The van der Waals surface area contributed by atoms with Crippen LogP contribution in [-0.2, 0) is 30.1 Å². The van der Waals surface area contributed by atoms with E-state index < -0.39 is 37.2 Å². The second-order valence-electron chi connectivity index (χ2n) is 19.3. The number of fused-ring (bicyclic) bond motifs is 5. The molecule has 0 N–H and O–H groups in total. The third-order valence-corrected chi connectivity index (χ3v) is 16.2. The number of hydrogen-bond donors (Lipinski definition) is 0. The highest BCUT2D eigenvalue weighted by Gasteiger charge is 2.85. The summed E-state index contributed by atoms with van der Waals surface area (Å²) in [5, 5.41) is 0. The molecule has 0 saturated heterocycles. The highest BCUT2D eigenvalue weighted by atomic mass is 33.1. The average Bonchev–Trinajstić information content (AvgIpc) is 3.57. The minimum absolute atomic E-state index is 0.249. The number of unbranched alkanes of at least 4 members (excludes halogenated alkanes) is 7. The summed E-state index contributed by atoms with van der Waals surface area (Å²) in [5.41, 5.74) is -3.85. The summed E-state index contributed by atoms with van der Waals surface area (Å²) in [6.45, 7) is 12.6. The van der Waals surface area contributed by atoms with Gasteiger partial charge in [0, 0.05) is 30.6 Å². The van der Waals surface area contributed by atoms with Gasteiger partial charge in [-0.05, 0) is 145 Å². The zero-order valence-corrected chi connectivity index (χ0v) is 41.5. The van der Waals surface area contributed by atoms with Crippen molar-refractivity contribution in [1.82, 2.24) is 0 Å². The van der Waals surface area contributed by atoms with Gasteiger partial charge in [-0.3, -0.25) is 0 Å². The van der Waals surface area contributed by atoms with Gasteiger partial charge in [-0.25, -0.2) is 0 Å². The van der Waals surface area contributed by atoms with Gasteiger partial charge in [0.15, 0.2) is 0 Å². The Morgan fingerprint density at radius 2 is 1.27 bits per heavy atom. The molecule has 2 fully saturated rings. The minimum atomic E-state index is -6.74. The van der Waals surface area contributed by atoms with Gasteiger partial charge in [0.2, 0.25) is 0 Å². The summed E-state index contributed by atoms with van der Waals surface area (Å²) >= 11 is 0. The largest absolute Gasteiger partial charge is 0.494 e. The van der Waals surface area contributed by atoms with E-state index in [-0.39, 0.29) is 30.3 Å². The van der Waals surface area contributed by atoms with Gasteiger partial charge in [0.1, 0.15) is 5.75 Å². The molecule has 0 aliphatic heterocycles. The third-order valence-electron chi connectivity index (χ3n) is 13.8. The normalized spacial score (nSPS) is 22.6. The fraction of sp³-hybridized carbons (Fsp3) is 0.878. The molecule has 2 saturated carbocycles. The molecule has 5 unspecified atom stereocenters. The van der Waals surface area contributed by atoms with E-state index in [1.165, 1.54) is 49.7 Å². The number of benzene rings is 1. The second kappa shape index (κ2) is 27.5. The Kier molecular flexibility index (Phi) is 23.9. The van der Waals surface area contributed by atoms with Gasteiger partial charge in [-0.2, -0.15) is 39.5 Å². The van der Waals surface area contributed by atoms with Gasteiger partial charge < -0.3 is 28.4 Å². The predicted octanol–water partition coefficient (Wildman–Crippen LogP) is 14.9. The smallest absolute Gasteiger partial charge is 0.435 e. The van der Waals surface area contributed by atoms with Crippen molar-refractivity contribution < 1.29 is 67.9 Å². The van der Waals surface area contributed by atoms with Gasteiger partial charge in [-0.1, -0.05) is 73.1 Å². The monoisotopic (exact) mass is 997 g/mol. The summed E-state index contributed by atoms with van der Waals surface area (Å²) < 4.78 is 152. The molecule has 0 amide bonds. The molecule has 5 atom stereocenters. The maximum atomic E-state index is 13.2. The van der Waals surface area contributed by atoms with Crippen LogP contribution in [0.1, 0.15) is 154 Å². The molecule has 3 aliphatic rings. The second-order valence-corrected chi connectivity index (χ2v) is 22.0. The predicted molar refractivity (Wildman–Crippen MR) is 245 cm³/mol. The van der Waals surface area contributed by atoms with E-state index in [1.54, 1.807) is 0 Å². The molecule has 0 heterocycles. The third kappa shape index (κ3) is 16.8. The molecule has 6 nitrogen and oxygen atoms in total. The van der Waals surface area contributed by atoms with Crippen molar-refractivity contribution in [2.24, 2.45) is 23.2 Å². The molecule has 4 rings (SSSR count). The Balaban J connectivity index is 1.02. The van der Waals surface area contributed by atoms with Crippen LogP contribution in [0.3, 0.4) is 0 Å². The molecule has 17 heteroatoms. The lowest BCUT2D eigenvalue weighted by molar-refractivity contribution is -0.457. The summed E-state index contributed by atoms with van der Waals surface area (Å²) in [6.07, 6.45) is -3.68. The van der Waals surface area contributed by atoms with Crippen molar-refractivity contribution >= 4 is 21.6 Å². The Morgan fingerprint density at radius 3 is 1.94 bits per heavy atom. The molecule has 1 aromatic rings. The molecule has 0 spiro atoms. The van der Waals surface area contributed by atoms with E-state index in [9.17, 15) is 39.5 Å². The number of ether oxygens (including phenoxy) is 6. The summed E-state index contributed by atoms with van der Waals surface area (Å²) in [5.74, 6) is 4.60. The SMILES string of the molecule is CC(C)OCC(CCCCCCCOCCSSCCCCCCOc1ccc2c(c1)CCC1C2CCC2(C)C(OCCCOC(C(F)(F)F)(C(F)(F)F)C(F)(F)F)CCC12)COC(C)C. The average molecular weight is 997 g/mol. The molecular formula is C49H77F9O6S2. The topological polar surface area (TPSA) is 55.4 Å². The molecule has 66 heavy (non-hydrogen) atoms. The first-order valence-corrected chi connectivity index (χ1v) is 27.0. The van der Waals surface area contributed by atoms with Crippen molar-refractivity contribution in [3.63, 3.8) is 0 Å². The van der Waals surface area contributed by atoms with E-state index in [2.05, 4.69) is 57.6 Å². The maximum absolute atomic E-state index is 13.2. The zero-order chi connectivity index (χ0) is 48.4. The first-order chi connectivity index (χ1) is 31.2. The van der Waals surface area contributed by atoms with Crippen LogP contribution in [0, 0.1) is 23.2 Å². The van der Waals surface area contributed by atoms with Gasteiger partial charge in [-0.15, -0.1) is 0 Å². The lowest BCUT2D eigenvalue weighted by atomic mass is 9.55. The van der Waals surface area contributed by atoms with Crippen LogP contribution in [0.25, 0.3) is 0 Å². The van der Waals surface area contributed by atoms with Crippen molar-refractivity contribution in [3.8, 4) is 5.75 Å². The summed E-state index contributed by atoms with van der Waals surface area (Å²) in [6, 6.07) is 6.44. The van der Waals surface area contributed by atoms with Crippen molar-refractivity contribution in [1.29, 1.82) is 0 Å². The van der Waals surface area contributed by atoms with Crippen LogP contribution in [0.4, 0.5) is 39.5 Å². The van der Waals surface area contributed by atoms with E-state index in [4.69, 9.17) is 23.7 Å². The highest BCUT2D eigenvalue weighted by molar-refractivity contribution is 8.76. The van der Waals surface area contributed by atoms with E-state index in [0.29, 0.717) is 36.7 Å². The molecule has 0 aromatic heterocycles. The number of rotatable bonds is 32. The Hall–Kier alpha value is -1.11. The molecule has 0 radical (unpaired) electrons. The lowest BCUT2D eigenvalue weighted by Crippen LogP contribution is -2.67. The summed E-state index contributed by atoms with van der Waals surface area (Å²) in [4.78, 5) is 0. The van der Waals surface area contributed by atoms with E-state index in [1.807, 2.05) is 21.6 Å². The van der Waals surface area contributed by atoms with Crippen LogP contribution in [-0.4, -0.2) is 100 Å². The first kappa shape index (κ1) is 57.5. The summed E-state index contributed by atoms with van der Waals surface area (Å²) in [7, 11) is 3.82. The van der Waals surface area contributed by atoms with Gasteiger partial charge in [0.05, 0.1) is 51.3 Å². The maximum Gasteiger partial charge on any atom is 0.435 e. The fourth-order valence-electron chi connectivity index (χ4n) is 10.3. The Morgan fingerprint density at radius 1 is 0.652 bits per heavy atom. The highest BCUT2D eigenvalue weighted by Crippen LogP contribution is 2.62. The Bertz CT molecular complexity index is 1470. The quantitative estimate of drug-likeness (QED) is 0.0402. The molecule has 384 valence electrons. The first-order valence-electron chi connectivity index (χ1n) is 24.5. The fourth-order valence-corrected chi connectivity index (χ4v) is 12.3. The zero-order valence-electron chi connectivity index (χ0n) is 39.8. The van der Waals surface area contributed by atoms with Gasteiger partial charge in [0.25, 0.3) is 0 Å². The van der Waals surface area contributed by atoms with Crippen molar-refractivity contribution in [3.05, 3.63) is 29.3 Å². The van der Waals surface area contributed by atoms with Crippen molar-refractivity contribution in [2.75, 3.05) is 57.8 Å². The number of halogens is 9. The van der Waals surface area contributed by atoms with Crippen LogP contribution in [0.2, 0.25) is 0 Å². The van der Waals surface area contributed by atoms with E-state index in [0.717, 1.165) is 101 Å². The van der Waals surface area contributed by atoms with Crippen LogP contribution >= 0.6 is 21.6 Å². The lowest BCUT2D eigenvalue weighted by Gasteiger charge is -2.50. The standard InChI is InChI=1S/C49H77F9O6S2/c1-35(2)62-33-37(34-63-36(3)4)16-11-7-6-8-12-25-59-29-31-66-65-30-14-10-9-13-26-60-39-18-20-40-38(32-39)17-19-42-41(40)23-24-45(5)43(42)21-22-44(45)61-27-15-28-64-46(47(50,51)52,48(53,54)55)49(56,57)58/h18,20,32,35-37,41-44H,6-17,19,21-31,33-34H2,1-5H3. The van der Waals surface area contributed by atoms with Crippen molar-refractivity contribution in [2.45, 2.75) is 192 Å². The number of hydrogen-bond acceptors (Lipinski definition) is 8. The molecule has 0 bridgehead atoms. The minimum Gasteiger partial charge on any atom is -0.494 e. The Labute approximate surface area is 396 Å². The van der Waals surface area contributed by atoms with Gasteiger partial charge >= 0.3 is 24.1 Å². The van der Waals surface area contributed by atoms with Crippen LogP contribution in [0.15, 0.2) is 18.2 Å². The molecule has 1 aromatic carbocycles. The molecule has 3 aliphatic carbocycles. The number of alkyl halides is 9. The van der Waals surface area contributed by atoms with Crippen LogP contribution in [0.5, 0.6) is 5.75 Å².